The van der Waals surface area contributed by atoms with Crippen LogP contribution in [0.1, 0.15) is 57.7 Å². The molecule has 3 rings (SSSR count). The van der Waals surface area contributed by atoms with E-state index >= 15 is 0 Å². The Labute approximate surface area is 144 Å². The number of fused-ring (bicyclic) bond motifs is 1. The summed E-state index contributed by atoms with van der Waals surface area (Å²) in [5.74, 6) is 0.694. The second-order valence-corrected chi connectivity index (χ2v) is 8.22. The van der Waals surface area contributed by atoms with E-state index in [0.29, 0.717) is 11.8 Å². The van der Waals surface area contributed by atoms with Crippen LogP contribution in [0, 0.1) is 17.3 Å². The van der Waals surface area contributed by atoms with Gasteiger partial charge in [-0.05, 0) is 42.2 Å². The summed E-state index contributed by atoms with van der Waals surface area (Å²) in [5.41, 5.74) is 2.38. The third-order valence-electron chi connectivity index (χ3n) is 5.20. The van der Waals surface area contributed by atoms with Crippen molar-refractivity contribution in [2.24, 2.45) is 17.3 Å². The summed E-state index contributed by atoms with van der Waals surface area (Å²) < 4.78 is 0. The van der Waals surface area contributed by atoms with Crippen LogP contribution in [-0.2, 0) is 16.0 Å². The van der Waals surface area contributed by atoms with Crippen molar-refractivity contribution in [2.45, 2.75) is 53.0 Å². The van der Waals surface area contributed by atoms with Crippen molar-refractivity contribution >= 4 is 11.8 Å². The average Bonchev–Trinajstić information content (AvgIpc) is 2.94. The van der Waals surface area contributed by atoms with Gasteiger partial charge in [0.25, 0.3) is 11.8 Å². The highest BCUT2D eigenvalue weighted by atomic mass is 16.2. The Morgan fingerprint density at radius 2 is 1.54 bits per heavy atom. The lowest BCUT2D eigenvalue weighted by atomic mass is 9.69. The van der Waals surface area contributed by atoms with Crippen LogP contribution in [0.25, 0.3) is 0 Å². The maximum absolute atomic E-state index is 12.5. The predicted octanol–water partition coefficient (Wildman–Crippen LogP) is 4.29. The van der Waals surface area contributed by atoms with E-state index < -0.39 is 0 Å². The van der Waals surface area contributed by atoms with Crippen molar-refractivity contribution in [2.75, 3.05) is 0 Å². The van der Waals surface area contributed by atoms with Crippen LogP contribution in [0.15, 0.2) is 36.4 Å². The van der Waals surface area contributed by atoms with Crippen LogP contribution in [0.4, 0.5) is 0 Å². The van der Waals surface area contributed by atoms with Crippen LogP contribution in [-0.4, -0.2) is 16.7 Å². The van der Waals surface area contributed by atoms with Gasteiger partial charge < -0.3 is 0 Å². The minimum absolute atomic E-state index is 0.0661. The van der Waals surface area contributed by atoms with Crippen molar-refractivity contribution in [1.82, 2.24) is 4.90 Å². The Balaban J connectivity index is 2.12. The van der Waals surface area contributed by atoms with Crippen molar-refractivity contribution in [3.8, 4) is 0 Å². The molecular formula is C21H27NO2. The fourth-order valence-electron chi connectivity index (χ4n) is 4.92. The van der Waals surface area contributed by atoms with E-state index in [1.54, 1.807) is 0 Å². The molecule has 2 aliphatic rings. The molecule has 1 heterocycles. The van der Waals surface area contributed by atoms with Gasteiger partial charge in [-0.15, -0.1) is 0 Å². The maximum Gasteiger partial charge on any atom is 0.254 e. The van der Waals surface area contributed by atoms with E-state index in [2.05, 4.69) is 45.9 Å². The standard InChI is InChI=1S/C21H27NO2/c1-14(2)11-21(12-15(3)4)13-16-7-5-6-8-17(16)20(21)22-18(23)9-10-19(22)24/h5-10,14-15,20H,11-13H2,1-4H3/t20-/m1/s1. The highest BCUT2D eigenvalue weighted by Gasteiger charge is 2.52. The number of benzene rings is 1. The van der Waals surface area contributed by atoms with Gasteiger partial charge in [-0.1, -0.05) is 52.0 Å². The predicted molar refractivity (Wildman–Crippen MR) is 95.2 cm³/mol. The monoisotopic (exact) mass is 325 g/mol. The third-order valence-corrected chi connectivity index (χ3v) is 5.20. The Bertz CT molecular complexity index is 659. The fourth-order valence-corrected chi connectivity index (χ4v) is 4.92. The summed E-state index contributed by atoms with van der Waals surface area (Å²) in [6, 6.07) is 8.19. The summed E-state index contributed by atoms with van der Waals surface area (Å²) in [5, 5.41) is 0. The van der Waals surface area contributed by atoms with Crippen molar-refractivity contribution < 1.29 is 9.59 Å². The van der Waals surface area contributed by atoms with E-state index in [1.807, 2.05) is 6.07 Å². The fraction of sp³-hybridized carbons (Fsp3) is 0.524. The first-order chi connectivity index (χ1) is 11.3. The molecule has 0 radical (unpaired) electrons. The quantitative estimate of drug-likeness (QED) is 0.757. The van der Waals surface area contributed by atoms with E-state index in [-0.39, 0.29) is 23.3 Å². The second-order valence-electron chi connectivity index (χ2n) is 8.22. The zero-order valence-corrected chi connectivity index (χ0v) is 15.1. The summed E-state index contributed by atoms with van der Waals surface area (Å²) in [4.78, 5) is 26.4. The molecule has 1 aliphatic heterocycles. The van der Waals surface area contributed by atoms with Crippen molar-refractivity contribution in [1.29, 1.82) is 0 Å². The number of carbonyl (C=O) groups excluding carboxylic acids is 2. The van der Waals surface area contributed by atoms with Crippen LogP contribution < -0.4 is 0 Å². The number of nitrogens with zero attached hydrogens (tertiary/aromatic N) is 1. The van der Waals surface area contributed by atoms with Crippen molar-refractivity contribution in [3.05, 3.63) is 47.5 Å². The molecular weight excluding hydrogens is 298 g/mol. The number of hydrogen-bond acceptors (Lipinski definition) is 2. The number of carbonyl (C=O) groups is 2. The van der Waals surface area contributed by atoms with Gasteiger partial charge in [0.05, 0.1) is 6.04 Å². The van der Waals surface area contributed by atoms with Gasteiger partial charge in [0.15, 0.2) is 0 Å². The van der Waals surface area contributed by atoms with Gasteiger partial charge in [0.2, 0.25) is 0 Å². The molecule has 0 unspecified atom stereocenters. The molecule has 128 valence electrons. The molecule has 3 heteroatoms. The summed E-state index contributed by atoms with van der Waals surface area (Å²) in [6.07, 6.45) is 5.81. The molecule has 0 spiro atoms. The summed E-state index contributed by atoms with van der Waals surface area (Å²) in [6.45, 7) is 8.92. The van der Waals surface area contributed by atoms with Gasteiger partial charge in [-0.2, -0.15) is 0 Å². The zero-order valence-electron chi connectivity index (χ0n) is 15.1. The number of imide groups is 1. The molecule has 0 N–H and O–H groups in total. The lowest BCUT2D eigenvalue weighted by Gasteiger charge is -2.42. The van der Waals surface area contributed by atoms with Gasteiger partial charge in [-0.25, -0.2) is 0 Å². The van der Waals surface area contributed by atoms with E-state index in [4.69, 9.17) is 0 Å². The van der Waals surface area contributed by atoms with Crippen LogP contribution in [0.3, 0.4) is 0 Å². The van der Waals surface area contributed by atoms with E-state index in [0.717, 1.165) is 24.8 Å². The zero-order chi connectivity index (χ0) is 17.5. The SMILES string of the molecule is CC(C)CC1(CC(C)C)Cc2ccccc2[C@H]1N1C(=O)C=CC1=O. The van der Waals surface area contributed by atoms with Crippen LogP contribution in [0.2, 0.25) is 0 Å². The van der Waals surface area contributed by atoms with E-state index in [9.17, 15) is 9.59 Å². The molecule has 0 saturated carbocycles. The lowest BCUT2D eigenvalue weighted by molar-refractivity contribution is -0.143. The third kappa shape index (κ3) is 2.81. The molecule has 24 heavy (non-hydrogen) atoms. The topological polar surface area (TPSA) is 37.4 Å². The Morgan fingerprint density at radius 1 is 1.00 bits per heavy atom. The first-order valence-corrected chi connectivity index (χ1v) is 8.97. The summed E-state index contributed by atoms with van der Waals surface area (Å²) >= 11 is 0. The highest BCUT2D eigenvalue weighted by Crippen LogP contribution is 2.56. The number of amides is 2. The molecule has 2 amide bonds. The Hall–Kier alpha value is -1.90. The second kappa shape index (κ2) is 6.19. The minimum atomic E-state index is -0.168. The normalized spacial score (nSPS) is 22.1. The van der Waals surface area contributed by atoms with Gasteiger partial charge in [-0.3, -0.25) is 14.5 Å². The van der Waals surface area contributed by atoms with E-state index in [1.165, 1.54) is 22.6 Å². The maximum atomic E-state index is 12.5. The molecule has 1 aromatic rings. The average molecular weight is 325 g/mol. The van der Waals surface area contributed by atoms with Crippen LogP contribution >= 0.6 is 0 Å². The smallest absolute Gasteiger partial charge is 0.254 e. The molecule has 1 aliphatic carbocycles. The molecule has 1 aromatic carbocycles. The first kappa shape index (κ1) is 16.9. The van der Waals surface area contributed by atoms with Gasteiger partial charge in [0.1, 0.15) is 0 Å². The number of rotatable bonds is 5. The summed E-state index contributed by atoms with van der Waals surface area (Å²) in [7, 11) is 0. The minimum Gasteiger partial charge on any atom is -0.269 e. The largest absolute Gasteiger partial charge is 0.269 e. The molecule has 0 fully saturated rings. The molecule has 0 saturated heterocycles. The van der Waals surface area contributed by atoms with Gasteiger partial charge in [0, 0.05) is 17.6 Å². The Morgan fingerprint density at radius 3 is 2.08 bits per heavy atom. The molecule has 0 aromatic heterocycles. The number of hydrogen-bond donors (Lipinski definition) is 0. The highest BCUT2D eigenvalue weighted by molar-refractivity contribution is 6.13. The first-order valence-electron chi connectivity index (χ1n) is 8.97. The Kier molecular flexibility index (Phi) is 4.37. The molecule has 1 atom stereocenters. The van der Waals surface area contributed by atoms with Crippen molar-refractivity contribution in [3.63, 3.8) is 0 Å². The lowest BCUT2D eigenvalue weighted by Crippen LogP contribution is -2.43. The molecule has 3 nitrogen and oxygen atoms in total. The molecule has 0 bridgehead atoms. The van der Waals surface area contributed by atoms with Gasteiger partial charge >= 0.3 is 0 Å². The van der Waals surface area contributed by atoms with Crippen LogP contribution in [0.5, 0.6) is 0 Å².